The van der Waals surface area contributed by atoms with E-state index >= 15 is 0 Å². The van der Waals surface area contributed by atoms with Gasteiger partial charge < -0.3 is 10.0 Å². The van der Waals surface area contributed by atoms with Crippen LogP contribution >= 0.6 is 11.6 Å². The van der Waals surface area contributed by atoms with Crippen molar-refractivity contribution >= 4 is 19.3 Å². The van der Waals surface area contributed by atoms with Crippen LogP contribution in [0.15, 0.2) is 18.2 Å². The van der Waals surface area contributed by atoms with Gasteiger partial charge in [0.25, 0.3) is 0 Å². The maximum atomic E-state index is 7.00. The van der Waals surface area contributed by atoms with Gasteiger partial charge in [0.1, 0.15) is 0 Å². The highest BCUT2D eigenvalue weighted by atomic mass is 35.5. The van der Waals surface area contributed by atoms with Crippen molar-refractivity contribution in [3.8, 4) is 11.1 Å². The predicted molar refractivity (Wildman–Crippen MR) is 40.6 cm³/mol. The summed E-state index contributed by atoms with van der Waals surface area (Å²) in [5.41, 5.74) is 2.55. The summed E-state index contributed by atoms with van der Waals surface area (Å²) in [5.74, 6) is 0. The average molecular weight is 155 g/mol. The van der Waals surface area contributed by atoms with Gasteiger partial charge in [-0.15, -0.1) is 0 Å². The van der Waals surface area contributed by atoms with E-state index in [4.69, 9.17) is 21.6 Å². The second-order valence-electron chi connectivity index (χ2n) is 1.81. The van der Waals surface area contributed by atoms with Crippen LogP contribution in [0.25, 0.3) is 11.1 Å². The van der Waals surface area contributed by atoms with Gasteiger partial charge in [-0.25, -0.2) is 0 Å². The van der Waals surface area contributed by atoms with Gasteiger partial charge in [0.05, 0.1) is 0 Å². The zero-order chi connectivity index (χ0) is 7.56. The van der Waals surface area contributed by atoms with Gasteiger partial charge >= 0.3 is 7.69 Å². The van der Waals surface area contributed by atoms with E-state index in [1.54, 1.807) is 0 Å². The molecule has 0 saturated carbocycles. The van der Waals surface area contributed by atoms with Crippen LogP contribution in [0.5, 0.6) is 0 Å². The molecule has 2 N–H and O–H groups in total. The summed E-state index contributed by atoms with van der Waals surface area (Å²) in [6.07, 6.45) is 0. The van der Waals surface area contributed by atoms with Gasteiger partial charge in [0.15, 0.2) is 0 Å². The van der Waals surface area contributed by atoms with Gasteiger partial charge in [0.2, 0.25) is 0 Å². The number of benzene rings is 1. The van der Waals surface area contributed by atoms with Crippen molar-refractivity contribution in [1.29, 1.82) is 0 Å². The Hall–Kier alpha value is -0.505. The fourth-order valence-corrected chi connectivity index (χ4v) is 1.03. The van der Waals surface area contributed by atoms with Gasteiger partial charge in [0, 0.05) is 10.6 Å². The van der Waals surface area contributed by atoms with E-state index in [0.717, 1.165) is 5.02 Å². The lowest BCUT2D eigenvalue weighted by Crippen LogP contribution is -1.89. The number of rotatable bonds is 0. The molecule has 0 amide bonds. The van der Waals surface area contributed by atoms with E-state index in [0.29, 0.717) is 0 Å². The zero-order valence-electron chi connectivity index (χ0n) is 5.08. The first-order valence-corrected chi connectivity index (χ1v) is 3.07. The highest BCUT2D eigenvalue weighted by Crippen LogP contribution is 2.39. The molecular weight excluding hydrogens is 150 g/mol. The fraction of sp³-hybridized carbons (Fsp3) is 0. The van der Waals surface area contributed by atoms with Crippen LogP contribution in [0.2, 0.25) is 5.02 Å². The Morgan fingerprint density at radius 1 is 1.30 bits per heavy atom. The molecule has 2 nitrogen and oxygen atoms in total. The van der Waals surface area contributed by atoms with Crippen molar-refractivity contribution in [2.45, 2.75) is 0 Å². The van der Waals surface area contributed by atoms with E-state index in [1.807, 2.05) is 12.1 Å². The Labute approximate surface area is 64.4 Å². The third-order valence-electron chi connectivity index (χ3n) is 1.28. The molecule has 0 spiro atoms. The van der Waals surface area contributed by atoms with Gasteiger partial charge in [-0.1, -0.05) is 23.7 Å². The normalized spacial score (nSPS) is 9.50. The van der Waals surface area contributed by atoms with Crippen molar-refractivity contribution in [3.63, 3.8) is 0 Å². The monoisotopic (exact) mass is 155 g/mol. The first kappa shape index (κ1) is 7.60. The summed E-state index contributed by atoms with van der Waals surface area (Å²) in [6, 6.07) is 6.05. The second-order valence-corrected chi connectivity index (χ2v) is 2.22. The Morgan fingerprint density at radius 2 is 1.90 bits per heavy atom. The molecule has 0 bridgehead atoms. The van der Waals surface area contributed by atoms with Crippen molar-refractivity contribution in [2.24, 2.45) is 0 Å². The molecule has 0 aromatic rings. The fourth-order valence-electron chi connectivity index (χ4n) is 0.743. The van der Waals surface area contributed by atoms with Gasteiger partial charge in [-0.3, -0.25) is 0 Å². The number of fused-ring (bicyclic) bond motifs is 1. The van der Waals surface area contributed by atoms with Crippen molar-refractivity contribution in [2.75, 3.05) is 0 Å². The van der Waals surface area contributed by atoms with Crippen LogP contribution in [-0.2, 0) is 0 Å². The molecule has 0 atom stereocenters. The molecule has 0 saturated heterocycles. The van der Waals surface area contributed by atoms with Crippen LogP contribution in [0.3, 0.4) is 0 Å². The summed E-state index contributed by atoms with van der Waals surface area (Å²) in [5, 5.41) is 14.9. The quantitative estimate of drug-likeness (QED) is 0.553. The van der Waals surface area contributed by atoms with E-state index in [1.165, 1.54) is 11.1 Å². The van der Waals surface area contributed by atoms with E-state index < -0.39 is 0 Å². The molecule has 0 aromatic heterocycles. The molecule has 0 aliphatic heterocycles. The van der Waals surface area contributed by atoms with Crippen LogP contribution in [-0.4, -0.2) is 17.7 Å². The Kier molecular flexibility index (Phi) is 2.32. The Bertz CT molecular complexity index is 239. The van der Waals surface area contributed by atoms with E-state index in [9.17, 15) is 0 Å². The Balaban J connectivity index is 0.000000148. The lowest BCUT2D eigenvalue weighted by Gasteiger charge is -2.15. The molecule has 1 radical (unpaired) electrons. The molecule has 51 valence electrons. The molecule has 10 heavy (non-hydrogen) atoms. The summed E-state index contributed by atoms with van der Waals surface area (Å²) in [4.78, 5) is 0. The smallest absolute Gasteiger partial charge is 0.429 e. The summed E-state index contributed by atoms with van der Waals surface area (Å²) in [7, 11) is 0. The van der Waals surface area contributed by atoms with Crippen LogP contribution < -0.4 is 0 Å². The first-order chi connectivity index (χ1) is 4.79. The maximum absolute atomic E-state index is 7.00. The van der Waals surface area contributed by atoms with Crippen molar-refractivity contribution in [3.05, 3.63) is 23.2 Å². The summed E-state index contributed by atoms with van der Waals surface area (Å²) < 4.78 is 0. The highest BCUT2D eigenvalue weighted by molar-refractivity contribution is 6.35. The van der Waals surface area contributed by atoms with Crippen LogP contribution in [0.1, 0.15) is 0 Å². The average Bonchev–Trinajstić information content (AvgIpc) is 1.84. The highest BCUT2D eigenvalue weighted by Gasteiger charge is 2.13. The lowest BCUT2D eigenvalue weighted by atomic mass is 9.94. The third-order valence-corrected chi connectivity index (χ3v) is 1.59. The molecule has 0 fully saturated rings. The number of hydrogen-bond acceptors (Lipinski definition) is 2. The van der Waals surface area contributed by atoms with Gasteiger partial charge in [-0.05, 0) is 11.6 Å². The van der Waals surface area contributed by atoms with Crippen LogP contribution in [0, 0.1) is 0 Å². The van der Waals surface area contributed by atoms with E-state index in [-0.39, 0.29) is 7.69 Å². The largest absolute Gasteiger partial charge is 0.482 e. The SMILES string of the molecule is Clc1cc2ccc1-2.O[B]O. The van der Waals surface area contributed by atoms with E-state index in [2.05, 4.69) is 6.07 Å². The minimum Gasteiger partial charge on any atom is -0.429 e. The second kappa shape index (κ2) is 3.06. The van der Waals surface area contributed by atoms with Gasteiger partial charge in [-0.2, -0.15) is 0 Å². The van der Waals surface area contributed by atoms with Crippen molar-refractivity contribution in [1.82, 2.24) is 0 Å². The summed E-state index contributed by atoms with van der Waals surface area (Å²) >= 11 is 5.60. The molecule has 2 aliphatic rings. The standard InChI is InChI=1S/C6H3Cl.BH2O2/c7-6-3-4-1-2-5(4)6;2-1-3/h1-3H;2-3H. The van der Waals surface area contributed by atoms with Crippen molar-refractivity contribution < 1.29 is 10.0 Å². The minimum atomic E-state index is 0. The lowest BCUT2D eigenvalue weighted by molar-refractivity contribution is 0.448. The molecule has 4 heteroatoms. The zero-order valence-corrected chi connectivity index (χ0v) is 5.84. The Morgan fingerprint density at radius 3 is 1.90 bits per heavy atom. The first-order valence-electron chi connectivity index (χ1n) is 2.69. The summed E-state index contributed by atoms with van der Waals surface area (Å²) in [6.45, 7) is 0. The maximum Gasteiger partial charge on any atom is 0.482 e. The van der Waals surface area contributed by atoms with Crippen LogP contribution in [0.4, 0.5) is 0 Å². The molecule has 2 rings (SSSR count). The third kappa shape index (κ3) is 1.16. The topological polar surface area (TPSA) is 40.5 Å². The molecule has 2 aliphatic carbocycles. The number of halogens is 1. The molecule has 0 unspecified atom stereocenters. The molecular formula is C6H5BClO2. The number of hydrogen-bond donors (Lipinski definition) is 2. The predicted octanol–water partition coefficient (Wildman–Crippen LogP) is 0.826. The minimum absolute atomic E-state index is 0. The molecule has 0 heterocycles. The molecule has 0 aromatic carbocycles.